The summed E-state index contributed by atoms with van der Waals surface area (Å²) < 4.78 is 39.8. The van der Waals surface area contributed by atoms with Gasteiger partial charge in [-0.2, -0.15) is 0 Å². The second-order valence-corrected chi connectivity index (χ2v) is 13.1. The second-order valence-electron chi connectivity index (χ2n) is 13.1. The lowest BCUT2D eigenvalue weighted by molar-refractivity contribution is -0.362. The van der Waals surface area contributed by atoms with E-state index in [0.29, 0.717) is 0 Å². The van der Waals surface area contributed by atoms with Crippen LogP contribution in [0, 0.1) is 0 Å². The number of hydrogen-bond donors (Lipinski definition) is 13. The normalized spacial score (nSPS) is 37.3. The maximum absolute atomic E-state index is 14.1. The molecule has 21 heteroatoms. The van der Waals surface area contributed by atoms with Gasteiger partial charge >= 0.3 is 0 Å². The molecule has 0 radical (unpaired) electrons. The molecule has 0 spiro atoms. The van der Waals surface area contributed by atoms with Crippen LogP contribution in [0.5, 0.6) is 28.7 Å². The number of phenolic OH excluding ortho intramolecular Hbond substituents is 4. The summed E-state index contributed by atoms with van der Waals surface area (Å²) >= 11 is 0. The Labute approximate surface area is 303 Å². The van der Waals surface area contributed by atoms with Crippen LogP contribution < -0.4 is 10.2 Å². The molecule has 4 heterocycles. The molecule has 21 nitrogen and oxygen atoms in total. The topological polar surface area (TPSA) is 349 Å². The predicted octanol–water partition coefficient (Wildman–Crippen LogP) is -3.86. The third kappa shape index (κ3) is 7.39. The number of aliphatic hydroxyl groups excluding tert-OH is 9. The van der Waals surface area contributed by atoms with Crippen molar-refractivity contribution in [3.05, 3.63) is 40.6 Å². The van der Waals surface area contributed by atoms with Crippen molar-refractivity contribution in [2.75, 3.05) is 13.2 Å². The van der Waals surface area contributed by atoms with Gasteiger partial charge in [-0.15, -0.1) is 0 Å². The minimum absolute atomic E-state index is 0.122. The van der Waals surface area contributed by atoms with Crippen LogP contribution in [-0.4, -0.2) is 172 Å². The van der Waals surface area contributed by atoms with Crippen LogP contribution in [0.25, 0.3) is 22.3 Å². The van der Waals surface area contributed by atoms with Crippen molar-refractivity contribution in [1.29, 1.82) is 0 Å². The maximum Gasteiger partial charge on any atom is 0.239 e. The first kappa shape index (κ1) is 39.8. The quantitative estimate of drug-likeness (QED) is 0.0925. The molecule has 6 rings (SSSR count). The maximum atomic E-state index is 14.1. The van der Waals surface area contributed by atoms with E-state index in [-0.39, 0.29) is 11.1 Å². The Balaban J connectivity index is 1.40. The summed E-state index contributed by atoms with van der Waals surface area (Å²) in [6.07, 6.45) is -26.6. The van der Waals surface area contributed by atoms with Gasteiger partial charge in [0.25, 0.3) is 0 Å². The predicted molar refractivity (Wildman–Crippen MR) is 173 cm³/mol. The molecular formula is C33H40O21. The van der Waals surface area contributed by atoms with Crippen LogP contribution >= 0.6 is 0 Å². The van der Waals surface area contributed by atoms with Crippen molar-refractivity contribution in [3.8, 4) is 40.1 Å². The van der Waals surface area contributed by atoms with Crippen molar-refractivity contribution in [2.45, 2.75) is 99.0 Å². The van der Waals surface area contributed by atoms with Crippen molar-refractivity contribution >= 4 is 11.0 Å². The highest BCUT2D eigenvalue weighted by Crippen LogP contribution is 2.40. The average Bonchev–Trinajstić information content (AvgIpc) is 3.13. The Hall–Kier alpha value is -3.91. The van der Waals surface area contributed by atoms with Crippen molar-refractivity contribution in [1.82, 2.24) is 0 Å². The molecule has 3 aliphatic rings. The molecular weight excluding hydrogens is 732 g/mol. The van der Waals surface area contributed by atoms with E-state index in [1.165, 1.54) is 13.0 Å². The Kier molecular flexibility index (Phi) is 11.5. The van der Waals surface area contributed by atoms with Gasteiger partial charge in [0.15, 0.2) is 35.9 Å². The molecule has 0 aliphatic carbocycles. The molecule has 13 N–H and O–H groups in total. The van der Waals surface area contributed by atoms with Gasteiger partial charge in [-0.05, 0) is 25.1 Å². The van der Waals surface area contributed by atoms with Gasteiger partial charge in [0.1, 0.15) is 83.5 Å². The third-order valence-electron chi connectivity index (χ3n) is 9.41. The molecule has 1 aromatic heterocycles. The summed E-state index contributed by atoms with van der Waals surface area (Å²) in [4.78, 5) is 14.1. The number of fused-ring (bicyclic) bond motifs is 1. The molecule has 298 valence electrons. The summed E-state index contributed by atoms with van der Waals surface area (Å²) in [6.45, 7) is -0.209. The minimum Gasteiger partial charge on any atom is -0.508 e. The number of aliphatic hydroxyl groups is 9. The van der Waals surface area contributed by atoms with Crippen LogP contribution in [0.3, 0.4) is 0 Å². The summed E-state index contributed by atoms with van der Waals surface area (Å²) in [5, 5.41) is 135. The lowest BCUT2D eigenvalue weighted by Gasteiger charge is -2.46. The zero-order valence-corrected chi connectivity index (χ0v) is 28.0. The highest BCUT2D eigenvalue weighted by molar-refractivity contribution is 5.88. The molecule has 3 fully saturated rings. The van der Waals surface area contributed by atoms with E-state index >= 15 is 0 Å². The highest BCUT2D eigenvalue weighted by Gasteiger charge is 2.52. The fourth-order valence-electron chi connectivity index (χ4n) is 6.30. The van der Waals surface area contributed by atoms with Gasteiger partial charge in [0.05, 0.1) is 19.3 Å². The number of phenols is 4. The van der Waals surface area contributed by atoms with Crippen molar-refractivity contribution < 1.29 is 99.2 Å². The summed E-state index contributed by atoms with van der Waals surface area (Å²) in [5.74, 6) is -3.82. The van der Waals surface area contributed by atoms with Crippen molar-refractivity contribution in [3.63, 3.8) is 0 Å². The first-order chi connectivity index (χ1) is 25.5. The Morgan fingerprint density at radius 1 is 0.667 bits per heavy atom. The summed E-state index contributed by atoms with van der Waals surface area (Å²) in [6, 6.07) is 5.00. The van der Waals surface area contributed by atoms with E-state index in [1.54, 1.807) is 0 Å². The zero-order chi connectivity index (χ0) is 39.3. The Morgan fingerprint density at radius 2 is 1.31 bits per heavy atom. The van der Waals surface area contributed by atoms with Gasteiger partial charge in [-0.3, -0.25) is 4.79 Å². The lowest BCUT2D eigenvalue weighted by atomic mass is 9.97. The molecule has 0 bridgehead atoms. The van der Waals surface area contributed by atoms with Crippen LogP contribution in [0.2, 0.25) is 0 Å². The molecule has 2 aromatic carbocycles. The average molecular weight is 773 g/mol. The molecule has 54 heavy (non-hydrogen) atoms. The largest absolute Gasteiger partial charge is 0.508 e. The van der Waals surface area contributed by atoms with Crippen molar-refractivity contribution in [2.24, 2.45) is 0 Å². The van der Waals surface area contributed by atoms with Gasteiger partial charge in [-0.25, -0.2) is 0 Å². The second kappa shape index (κ2) is 15.7. The number of benzene rings is 2. The van der Waals surface area contributed by atoms with E-state index < -0.39 is 151 Å². The standard InChI is InChI=1S/C33H40O21/c1-9-19(39)23(43)26(46)31(49-9)48-8-17-21(41)25(45)30(54-32-27(47)24(44)20(40)16(7-34)51-32)33(52-17)53-29-22(42)18-14(38)5-11(35)6-15(18)50-28(29)10-2-3-12(36)13(37)4-10/h2-6,9,16-17,19-21,23-27,30-41,43-47H,7-8H2,1H3/t9-,16-,17-,19-,20-,21-,23+,24+,25+,26+,27-,30-,31-,32+,33+/m0/s1. The van der Waals surface area contributed by atoms with E-state index in [1.807, 2.05) is 0 Å². The van der Waals surface area contributed by atoms with Gasteiger partial charge in [-0.1, -0.05) is 0 Å². The summed E-state index contributed by atoms with van der Waals surface area (Å²) in [7, 11) is 0. The molecule has 15 atom stereocenters. The zero-order valence-electron chi connectivity index (χ0n) is 28.0. The van der Waals surface area contributed by atoms with Gasteiger partial charge in [0, 0.05) is 17.7 Å². The van der Waals surface area contributed by atoms with Crippen LogP contribution in [0.4, 0.5) is 0 Å². The number of rotatable bonds is 9. The number of aromatic hydroxyl groups is 4. The first-order valence-electron chi connectivity index (χ1n) is 16.5. The van der Waals surface area contributed by atoms with Gasteiger partial charge < -0.3 is 99.2 Å². The van der Waals surface area contributed by atoms with Crippen LogP contribution in [0.1, 0.15) is 6.92 Å². The molecule has 3 aliphatic heterocycles. The van der Waals surface area contributed by atoms with E-state index in [9.17, 15) is 71.2 Å². The number of hydrogen-bond acceptors (Lipinski definition) is 21. The Morgan fingerprint density at radius 3 is 2.00 bits per heavy atom. The molecule has 0 amide bonds. The Bertz CT molecular complexity index is 1850. The molecule has 3 saturated heterocycles. The van der Waals surface area contributed by atoms with E-state index in [2.05, 4.69) is 0 Å². The van der Waals surface area contributed by atoms with Gasteiger partial charge in [0.2, 0.25) is 17.5 Å². The molecule has 0 unspecified atom stereocenters. The van der Waals surface area contributed by atoms with Crippen LogP contribution in [0.15, 0.2) is 39.5 Å². The minimum atomic E-state index is -2.10. The molecule has 3 aromatic rings. The third-order valence-corrected chi connectivity index (χ3v) is 9.41. The van der Waals surface area contributed by atoms with E-state index in [0.717, 1.165) is 24.3 Å². The smallest absolute Gasteiger partial charge is 0.239 e. The monoisotopic (exact) mass is 772 g/mol. The fourth-order valence-corrected chi connectivity index (χ4v) is 6.30. The lowest BCUT2D eigenvalue weighted by Crippen LogP contribution is -2.65. The van der Waals surface area contributed by atoms with E-state index in [4.69, 9.17) is 32.8 Å². The highest BCUT2D eigenvalue weighted by atomic mass is 16.8. The molecule has 0 saturated carbocycles. The van der Waals surface area contributed by atoms with Crippen LogP contribution in [-0.2, 0) is 23.7 Å². The fraction of sp³-hybridized carbons (Fsp3) is 0.545. The SMILES string of the molecule is C[C@@H]1O[C@H](OC[C@@H]2O[C@H](Oc3c(-c4ccc(O)c(O)c4)oc4cc(O)cc(O)c4c3=O)[C@@H](O[C@H]3O[C@@H](CO)[C@H](O)[C@@H](O)[C@@H]3O)[C@H](O)[C@H]2O)[C@H](O)[C@H](O)[C@H]1O. The summed E-state index contributed by atoms with van der Waals surface area (Å²) in [5.41, 5.74) is -1.62. The first-order valence-corrected chi connectivity index (χ1v) is 16.5. The number of ether oxygens (including phenoxy) is 6.